The Morgan fingerprint density at radius 2 is 1.78 bits per heavy atom. The smallest absolute Gasteiger partial charge is 0.262 e. The van der Waals surface area contributed by atoms with E-state index < -0.39 is 5.82 Å². The minimum atomic E-state index is -0.474. The summed E-state index contributed by atoms with van der Waals surface area (Å²) in [5, 5.41) is 2.85. The van der Waals surface area contributed by atoms with Crippen LogP contribution in [-0.2, 0) is 4.79 Å². The molecule has 0 aliphatic carbocycles. The van der Waals surface area contributed by atoms with Gasteiger partial charge in [0.25, 0.3) is 5.91 Å². The van der Waals surface area contributed by atoms with Gasteiger partial charge >= 0.3 is 0 Å². The molecule has 3 rings (SSSR count). The van der Waals surface area contributed by atoms with Crippen LogP contribution >= 0.6 is 0 Å². The summed E-state index contributed by atoms with van der Waals surface area (Å²) in [6, 6.07) is 13.8. The van der Waals surface area contributed by atoms with E-state index in [1.807, 2.05) is 24.3 Å². The van der Waals surface area contributed by atoms with Crippen molar-refractivity contribution in [2.45, 2.75) is 12.8 Å². The number of nitrogens with one attached hydrogen (secondary N) is 1. The van der Waals surface area contributed by atoms with Crippen LogP contribution in [0.15, 0.2) is 48.5 Å². The summed E-state index contributed by atoms with van der Waals surface area (Å²) in [4.78, 5) is 14.3. The van der Waals surface area contributed by atoms with Crippen LogP contribution in [0, 0.1) is 5.82 Å². The molecule has 2 aromatic rings. The van der Waals surface area contributed by atoms with Crippen LogP contribution in [-0.4, -0.2) is 25.6 Å². The maximum atomic E-state index is 13.5. The predicted molar refractivity (Wildman–Crippen MR) is 88.4 cm³/mol. The van der Waals surface area contributed by atoms with E-state index in [0.717, 1.165) is 24.5 Å². The van der Waals surface area contributed by atoms with Gasteiger partial charge in [-0.1, -0.05) is 24.3 Å². The number of carbonyl (C=O) groups excluding carboxylic acids is 1. The zero-order valence-electron chi connectivity index (χ0n) is 12.8. The molecule has 1 aliphatic rings. The summed E-state index contributed by atoms with van der Waals surface area (Å²) in [7, 11) is 0. The molecule has 1 saturated heterocycles. The van der Waals surface area contributed by atoms with E-state index >= 15 is 0 Å². The maximum Gasteiger partial charge on any atom is 0.262 e. The highest BCUT2D eigenvalue weighted by molar-refractivity contribution is 5.95. The largest absolute Gasteiger partial charge is 0.481 e. The van der Waals surface area contributed by atoms with E-state index in [1.54, 1.807) is 12.1 Å². The molecule has 0 bridgehead atoms. The van der Waals surface area contributed by atoms with Gasteiger partial charge in [-0.15, -0.1) is 0 Å². The van der Waals surface area contributed by atoms with Crippen molar-refractivity contribution in [2.75, 3.05) is 29.9 Å². The van der Waals surface area contributed by atoms with E-state index in [4.69, 9.17) is 4.74 Å². The van der Waals surface area contributed by atoms with Gasteiger partial charge in [-0.2, -0.15) is 0 Å². The number of para-hydroxylation sites is 3. The summed E-state index contributed by atoms with van der Waals surface area (Å²) < 4.78 is 18.7. The van der Waals surface area contributed by atoms with Crippen molar-refractivity contribution < 1.29 is 13.9 Å². The number of ether oxygens (including phenoxy) is 1. The average molecular weight is 314 g/mol. The number of anilines is 2. The fraction of sp³-hybridized carbons (Fsp3) is 0.278. The summed E-state index contributed by atoms with van der Waals surface area (Å²) in [6.45, 7) is 1.77. The monoisotopic (exact) mass is 314 g/mol. The van der Waals surface area contributed by atoms with Crippen LogP contribution < -0.4 is 15.0 Å². The van der Waals surface area contributed by atoms with Gasteiger partial charge in [-0.25, -0.2) is 4.39 Å². The number of benzene rings is 2. The summed E-state index contributed by atoms with van der Waals surface area (Å²) in [5.74, 6) is -0.701. The molecular formula is C18H19FN2O2. The molecule has 1 N–H and O–H groups in total. The van der Waals surface area contributed by atoms with Crippen LogP contribution in [0.4, 0.5) is 15.8 Å². The summed E-state index contributed by atoms with van der Waals surface area (Å²) in [5.41, 5.74) is 1.78. The van der Waals surface area contributed by atoms with Crippen LogP contribution in [0.2, 0.25) is 0 Å². The van der Waals surface area contributed by atoms with Gasteiger partial charge in [0.2, 0.25) is 0 Å². The number of carbonyl (C=O) groups is 1. The lowest BCUT2D eigenvalue weighted by Crippen LogP contribution is -2.24. The third-order valence-electron chi connectivity index (χ3n) is 3.82. The third-order valence-corrected chi connectivity index (χ3v) is 3.82. The van der Waals surface area contributed by atoms with Crippen LogP contribution in [0.25, 0.3) is 0 Å². The van der Waals surface area contributed by atoms with Gasteiger partial charge in [-0.05, 0) is 37.1 Å². The standard InChI is InChI=1S/C18H19FN2O2/c19-14-7-1-4-10-17(14)23-13-18(22)20-15-8-2-3-9-16(15)21-11-5-6-12-21/h1-4,7-10H,5-6,11-13H2,(H,20,22). The first kappa shape index (κ1) is 15.3. The van der Waals surface area contributed by atoms with Crippen molar-refractivity contribution in [1.29, 1.82) is 0 Å². The second kappa shape index (κ2) is 7.13. The van der Waals surface area contributed by atoms with Gasteiger partial charge < -0.3 is 15.0 Å². The minimum absolute atomic E-state index is 0.0791. The molecule has 0 atom stereocenters. The van der Waals surface area contributed by atoms with Gasteiger partial charge in [0.1, 0.15) is 0 Å². The lowest BCUT2D eigenvalue weighted by atomic mass is 10.2. The number of rotatable bonds is 5. The predicted octanol–water partition coefficient (Wildman–Crippen LogP) is 3.44. The lowest BCUT2D eigenvalue weighted by Gasteiger charge is -2.21. The third kappa shape index (κ3) is 3.80. The Morgan fingerprint density at radius 3 is 2.57 bits per heavy atom. The molecule has 0 radical (unpaired) electrons. The number of nitrogens with zero attached hydrogens (tertiary/aromatic N) is 1. The molecule has 4 nitrogen and oxygen atoms in total. The fourth-order valence-corrected chi connectivity index (χ4v) is 2.70. The molecule has 0 spiro atoms. The molecule has 1 heterocycles. The highest BCUT2D eigenvalue weighted by atomic mass is 19.1. The zero-order valence-corrected chi connectivity index (χ0v) is 12.8. The van der Waals surface area contributed by atoms with Crippen molar-refractivity contribution in [2.24, 2.45) is 0 Å². The van der Waals surface area contributed by atoms with Crippen molar-refractivity contribution in [1.82, 2.24) is 0 Å². The Kier molecular flexibility index (Phi) is 4.76. The van der Waals surface area contributed by atoms with Gasteiger partial charge in [0.05, 0.1) is 11.4 Å². The minimum Gasteiger partial charge on any atom is -0.481 e. The highest BCUT2D eigenvalue weighted by Gasteiger charge is 2.16. The normalized spacial score (nSPS) is 13.9. The van der Waals surface area contributed by atoms with E-state index in [-0.39, 0.29) is 18.3 Å². The first-order valence-electron chi connectivity index (χ1n) is 7.75. The molecule has 0 aromatic heterocycles. The molecule has 120 valence electrons. The molecule has 1 aliphatic heterocycles. The quantitative estimate of drug-likeness (QED) is 0.919. The van der Waals surface area contributed by atoms with Crippen LogP contribution in [0.3, 0.4) is 0 Å². The summed E-state index contributed by atoms with van der Waals surface area (Å²) in [6.07, 6.45) is 2.33. The molecule has 2 aromatic carbocycles. The topological polar surface area (TPSA) is 41.6 Å². The van der Waals surface area contributed by atoms with E-state index in [0.29, 0.717) is 0 Å². The second-order valence-corrected chi connectivity index (χ2v) is 5.48. The van der Waals surface area contributed by atoms with Crippen molar-refractivity contribution in [3.63, 3.8) is 0 Å². The molecule has 23 heavy (non-hydrogen) atoms. The Balaban J connectivity index is 1.63. The number of hydrogen-bond acceptors (Lipinski definition) is 3. The molecular weight excluding hydrogens is 295 g/mol. The Morgan fingerprint density at radius 1 is 1.09 bits per heavy atom. The van der Waals surface area contributed by atoms with Crippen molar-refractivity contribution >= 4 is 17.3 Å². The van der Waals surface area contributed by atoms with Crippen molar-refractivity contribution in [3.8, 4) is 5.75 Å². The number of amides is 1. The summed E-state index contributed by atoms with van der Waals surface area (Å²) >= 11 is 0. The lowest BCUT2D eigenvalue weighted by molar-refractivity contribution is -0.118. The Bertz CT molecular complexity index is 684. The van der Waals surface area contributed by atoms with Gasteiger partial charge in [0, 0.05) is 13.1 Å². The highest BCUT2D eigenvalue weighted by Crippen LogP contribution is 2.28. The Hall–Kier alpha value is -2.56. The van der Waals surface area contributed by atoms with Crippen LogP contribution in [0.1, 0.15) is 12.8 Å². The molecule has 1 amide bonds. The number of halogens is 1. The van der Waals surface area contributed by atoms with E-state index in [1.165, 1.54) is 25.0 Å². The second-order valence-electron chi connectivity index (χ2n) is 5.48. The average Bonchev–Trinajstić information content (AvgIpc) is 3.09. The van der Waals surface area contributed by atoms with Gasteiger partial charge in [-0.3, -0.25) is 4.79 Å². The Labute approximate surface area is 134 Å². The molecule has 0 unspecified atom stereocenters. The number of hydrogen-bond donors (Lipinski definition) is 1. The molecule has 1 fully saturated rings. The van der Waals surface area contributed by atoms with Crippen molar-refractivity contribution in [3.05, 3.63) is 54.3 Å². The SMILES string of the molecule is O=C(COc1ccccc1F)Nc1ccccc1N1CCCC1. The first-order chi connectivity index (χ1) is 11.2. The van der Waals surface area contributed by atoms with E-state index in [9.17, 15) is 9.18 Å². The molecule has 0 saturated carbocycles. The fourth-order valence-electron chi connectivity index (χ4n) is 2.70. The zero-order chi connectivity index (χ0) is 16.1. The van der Waals surface area contributed by atoms with Crippen LogP contribution in [0.5, 0.6) is 5.75 Å². The van der Waals surface area contributed by atoms with E-state index in [2.05, 4.69) is 10.2 Å². The first-order valence-corrected chi connectivity index (χ1v) is 7.75. The molecule has 5 heteroatoms. The maximum absolute atomic E-state index is 13.5. The van der Waals surface area contributed by atoms with Gasteiger partial charge in [0.15, 0.2) is 18.2 Å².